The fourth-order valence-electron chi connectivity index (χ4n) is 0.618. The summed E-state index contributed by atoms with van der Waals surface area (Å²) in [4.78, 5) is 9.97. The second-order valence-electron chi connectivity index (χ2n) is 2.04. The maximum absolute atomic E-state index is 11.3. The minimum atomic E-state index is -2.05. The molecule has 0 heterocycles. The zero-order valence-corrected chi connectivity index (χ0v) is 6.86. The van der Waals surface area contributed by atoms with Gasteiger partial charge in [-0.15, -0.1) is 0 Å². The standard InChI is InChI=1S/C6H13O2P/c1-3-9(8,4-2)6-5-7/h5H,3-4,6H2,1-2H3. The second-order valence-corrected chi connectivity index (χ2v) is 5.79. The molecule has 0 N–H and O–H groups in total. The van der Waals surface area contributed by atoms with Crippen LogP contribution in [0.15, 0.2) is 0 Å². The highest BCUT2D eigenvalue weighted by Crippen LogP contribution is 2.42. The van der Waals surface area contributed by atoms with Crippen molar-refractivity contribution in [2.24, 2.45) is 0 Å². The van der Waals surface area contributed by atoms with E-state index in [9.17, 15) is 9.36 Å². The molecule has 9 heavy (non-hydrogen) atoms. The Hall–Kier alpha value is -0.100. The van der Waals surface area contributed by atoms with Crippen molar-refractivity contribution in [1.82, 2.24) is 0 Å². The molecular formula is C6H13O2P. The summed E-state index contributed by atoms with van der Waals surface area (Å²) in [5.74, 6) is 0. The summed E-state index contributed by atoms with van der Waals surface area (Å²) in [5, 5.41) is 0. The van der Waals surface area contributed by atoms with E-state index in [0.717, 1.165) is 6.29 Å². The van der Waals surface area contributed by atoms with E-state index in [1.54, 1.807) is 0 Å². The molecule has 0 bridgehead atoms. The van der Waals surface area contributed by atoms with Crippen LogP contribution in [-0.2, 0) is 9.36 Å². The first kappa shape index (κ1) is 8.90. The van der Waals surface area contributed by atoms with Gasteiger partial charge in [-0.2, -0.15) is 0 Å². The fourth-order valence-corrected chi connectivity index (χ4v) is 1.85. The van der Waals surface area contributed by atoms with E-state index >= 15 is 0 Å². The molecule has 0 aliphatic heterocycles. The summed E-state index contributed by atoms with van der Waals surface area (Å²) in [7, 11) is -2.05. The lowest BCUT2D eigenvalue weighted by molar-refractivity contribution is -0.105. The average Bonchev–Trinajstić information content (AvgIpc) is 1.89. The van der Waals surface area contributed by atoms with Crippen LogP contribution in [0.5, 0.6) is 0 Å². The Morgan fingerprint density at radius 1 is 1.33 bits per heavy atom. The normalized spacial score (nSPS) is 11.3. The van der Waals surface area contributed by atoms with Gasteiger partial charge in [0.2, 0.25) is 0 Å². The zero-order chi connectivity index (χ0) is 7.33. The smallest absolute Gasteiger partial charge is 0.127 e. The van der Waals surface area contributed by atoms with E-state index in [0.29, 0.717) is 12.3 Å². The fraction of sp³-hybridized carbons (Fsp3) is 0.833. The summed E-state index contributed by atoms with van der Waals surface area (Å²) in [6.07, 6.45) is 2.33. The van der Waals surface area contributed by atoms with E-state index in [1.165, 1.54) is 0 Å². The van der Waals surface area contributed by atoms with E-state index in [4.69, 9.17) is 0 Å². The van der Waals surface area contributed by atoms with E-state index in [2.05, 4.69) is 0 Å². The second kappa shape index (κ2) is 3.84. The topological polar surface area (TPSA) is 34.1 Å². The molecule has 0 aromatic heterocycles. The maximum Gasteiger partial charge on any atom is 0.127 e. The van der Waals surface area contributed by atoms with Crippen LogP contribution in [0.2, 0.25) is 0 Å². The Morgan fingerprint density at radius 2 is 1.78 bits per heavy atom. The number of carbonyl (C=O) groups excluding carboxylic acids is 1. The minimum Gasteiger partial charge on any atom is -0.323 e. The van der Waals surface area contributed by atoms with Gasteiger partial charge in [-0.1, -0.05) is 13.8 Å². The van der Waals surface area contributed by atoms with Gasteiger partial charge in [0.1, 0.15) is 6.29 Å². The lowest BCUT2D eigenvalue weighted by Gasteiger charge is -2.08. The zero-order valence-electron chi connectivity index (χ0n) is 5.96. The molecule has 0 rings (SSSR count). The molecule has 0 aromatic carbocycles. The van der Waals surface area contributed by atoms with Gasteiger partial charge in [0.05, 0.1) is 13.3 Å². The highest BCUT2D eigenvalue weighted by Gasteiger charge is 2.14. The van der Waals surface area contributed by atoms with Crippen molar-refractivity contribution in [1.29, 1.82) is 0 Å². The first-order chi connectivity index (χ1) is 4.18. The third kappa shape index (κ3) is 2.81. The molecule has 3 heteroatoms. The summed E-state index contributed by atoms with van der Waals surface area (Å²) in [6, 6.07) is 0. The highest BCUT2D eigenvalue weighted by molar-refractivity contribution is 7.64. The van der Waals surface area contributed by atoms with Gasteiger partial charge in [-0.25, -0.2) is 0 Å². The van der Waals surface area contributed by atoms with Gasteiger partial charge in [0, 0.05) is 0 Å². The van der Waals surface area contributed by atoms with E-state index in [-0.39, 0.29) is 6.16 Å². The molecule has 0 unspecified atom stereocenters. The predicted octanol–water partition coefficient (Wildman–Crippen LogP) is 1.59. The Morgan fingerprint density at radius 3 is 1.89 bits per heavy atom. The summed E-state index contributed by atoms with van der Waals surface area (Å²) in [5.41, 5.74) is 0. The van der Waals surface area contributed by atoms with Crippen LogP contribution in [0.1, 0.15) is 13.8 Å². The van der Waals surface area contributed by atoms with Crippen LogP contribution in [0.25, 0.3) is 0 Å². The molecule has 0 saturated carbocycles. The molecule has 0 fully saturated rings. The quantitative estimate of drug-likeness (QED) is 0.448. The largest absolute Gasteiger partial charge is 0.323 e. The van der Waals surface area contributed by atoms with Crippen molar-refractivity contribution in [2.45, 2.75) is 13.8 Å². The summed E-state index contributed by atoms with van der Waals surface area (Å²) in [6.45, 7) is 3.74. The molecule has 0 atom stereocenters. The predicted molar refractivity (Wildman–Crippen MR) is 39.6 cm³/mol. The molecule has 0 aliphatic rings. The molecular weight excluding hydrogens is 135 g/mol. The van der Waals surface area contributed by atoms with Crippen LogP contribution in [0, 0.1) is 0 Å². The van der Waals surface area contributed by atoms with E-state index < -0.39 is 7.14 Å². The van der Waals surface area contributed by atoms with Crippen LogP contribution >= 0.6 is 7.14 Å². The Bertz CT molecular complexity index is 123. The van der Waals surface area contributed by atoms with Crippen molar-refractivity contribution in [2.75, 3.05) is 18.5 Å². The number of rotatable bonds is 4. The lowest BCUT2D eigenvalue weighted by Crippen LogP contribution is -1.95. The highest BCUT2D eigenvalue weighted by atomic mass is 31.2. The molecule has 54 valence electrons. The van der Waals surface area contributed by atoms with Gasteiger partial charge >= 0.3 is 0 Å². The third-order valence-electron chi connectivity index (χ3n) is 1.56. The van der Waals surface area contributed by atoms with Gasteiger partial charge < -0.3 is 9.36 Å². The lowest BCUT2D eigenvalue weighted by atomic mass is 10.9. The Labute approximate surface area is 56.0 Å². The molecule has 2 nitrogen and oxygen atoms in total. The molecule has 0 radical (unpaired) electrons. The van der Waals surface area contributed by atoms with Gasteiger partial charge in [-0.05, 0) is 12.3 Å². The summed E-state index contributed by atoms with van der Waals surface area (Å²) < 4.78 is 11.3. The van der Waals surface area contributed by atoms with Crippen molar-refractivity contribution in [3.05, 3.63) is 0 Å². The SMILES string of the molecule is CCP(=O)(CC)CC=O. The van der Waals surface area contributed by atoms with Gasteiger partial charge in [0.15, 0.2) is 0 Å². The molecule has 0 amide bonds. The monoisotopic (exact) mass is 148 g/mol. The van der Waals surface area contributed by atoms with Crippen LogP contribution in [0.4, 0.5) is 0 Å². The Balaban J connectivity index is 3.93. The molecule has 0 aliphatic carbocycles. The summed E-state index contributed by atoms with van der Waals surface area (Å²) >= 11 is 0. The van der Waals surface area contributed by atoms with E-state index in [1.807, 2.05) is 13.8 Å². The molecule has 0 aromatic rings. The minimum absolute atomic E-state index is 0.264. The molecule has 0 spiro atoms. The Kier molecular flexibility index (Phi) is 3.79. The average molecular weight is 148 g/mol. The maximum atomic E-state index is 11.3. The van der Waals surface area contributed by atoms with Crippen LogP contribution in [-0.4, -0.2) is 24.8 Å². The van der Waals surface area contributed by atoms with Crippen LogP contribution < -0.4 is 0 Å². The molecule has 0 saturated heterocycles. The first-order valence-electron chi connectivity index (χ1n) is 3.19. The number of hydrogen-bond acceptors (Lipinski definition) is 2. The van der Waals surface area contributed by atoms with Crippen LogP contribution in [0.3, 0.4) is 0 Å². The van der Waals surface area contributed by atoms with Gasteiger partial charge in [0.25, 0.3) is 0 Å². The number of carbonyl (C=O) groups is 1. The van der Waals surface area contributed by atoms with Crippen molar-refractivity contribution < 1.29 is 9.36 Å². The number of aldehydes is 1. The van der Waals surface area contributed by atoms with Crippen molar-refractivity contribution in [3.8, 4) is 0 Å². The van der Waals surface area contributed by atoms with Crippen molar-refractivity contribution >= 4 is 13.4 Å². The first-order valence-corrected chi connectivity index (χ1v) is 5.45. The number of hydrogen-bond donors (Lipinski definition) is 0. The third-order valence-corrected chi connectivity index (χ3v) is 4.68. The van der Waals surface area contributed by atoms with Crippen molar-refractivity contribution in [3.63, 3.8) is 0 Å². The van der Waals surface area contributed by atoms with Gasteiger partial charge in [-0.3, -0.25) is 0 Å².